The van der Waals surface area contributed by atoms with Gasteiger partial charge in [-0.15, -0.1) is 0 Å². The van der Waals surface area contributed by atoms with Gasteiger partial charge in [-0.05, 0) is 78.4 Å². The van der Waals surface area contributed by atoms with Crippen LogP contribution in [0.4, 0.5) is 14.5 Å². The first-order chi connectivity index (χ1) is 25.4. The summed E-state index contributed by atoms with van der Waals surface area (Å²) < 4.78 is 79.0. The number of halogens is 2. The molecule has 5 aromatic carbocycles. The van der Waals surface area contributed by atoms with Crippen LogP contribution < -0.4 is 14.4 Å². The molecule has 1 N–H and O–H groups in total. The van der Waals surface area contributed by atoms with E-state index >= 15 is 0 Å². The van der Waals surface area contributed by atoms with Crippen LogP contribution in [-0.4, -0.2) is 51.8 Å². The summed E-state index contributed by atoms with van der Waals surface area (Å²) in [6, 6.07) is 23.6. The maximum Gasteiger partial charge on any atom is 0.255 e. The van der Waals surface area contributed by atoms with E-state index < -0.39 is 27.6 Å². The molecule has 53 heavy (non-hydrogen) atoms. The third-order valence-electron chi connectivity index (χ3n) is 8.95. The van der Waals surface area contributed by atoms with Crippen LogP contribution in [0, 0.1) is 11.6 Å². The van der Waals surface area contributed by atoms with Gasteiger partial charge in [0, 0.05) is 42.2 Å². The summed E-state index contributed by atoms with van der Waals surface area (Å²) in [5.74, 6) is -0.395. The van der Waals surface area contributed by atoms with Gasteiger partial charge in [-0.3, -0.25) is 9.10 Å². The lowest BCUT2D eigenvalue weighted by molar-refractivity contribution is 0.0964. The highest BCUT2D eigenvalue weighted by molar-refractivity contribution is 7.92. The molecule has 0 aliphatic heterocycles. The highest BCUT2D eigenvalue weighted by atomic mass is 32.2. The summed E-state index contributed by atoms with van der Waals surface area (Å²) >= 11 is 0. The summed E-state index contributed by atoms with van der Waals surface area (Å²) in [4.78, 5) is 22.4. The lowest BCUT2D eigenvalue weighted by atomic mass is 9.97. The number of hydrogen-bond acceptors (Lipinski definition) is 9. The Morgan fingerprint density at radius 2 is 1.53 bits per heavy atom. The molecule has 8 aromatic rings. The number of nitrogens with one attached hydrogen (secondary N) is 1. The monoisotopic (exact) mass is 734 g/mol. The number of methoxy groups -OCH3 is 1. The fourth-order valence-electron chi connectivity index (χ4n) is 6.21. The van der Waals surface area contributed by atoms with E-state index in [-0.39, 0.29) is 39.9 Å². The van der Waals surface area contributed by atoms with Crippen molar-refractivity contribution in [2.45, 2.75) is 0 Å². The molecule has 0 bridgehead atoms. The van der Waals surface area contributed by atoms with Crippen LogP contribution in [0.25, 0.3) is 78.5 Å². The zero-order chi connectivity index (χ0) is 37.2. The molecule has 3 heterocycles. The zero-order valence-corrected chi connectivity index (χ0v) is 29.3. The van der Waals surface area contributed by atoms with E-state index in [0.717, 1.165) is 10.6 Å². The maximum atomic E-state index is 14.3. The Kier molecular flexibility index (Phi) is 7.98. The third kappa shape index (κ3) is 5.82. The molecule has 14 heteroatoms. The van der Waals surface area contributed by atoms with Crippen molar-refractivity contribution in [2.24, 2.45) is 0 Å². The topological polar surface area (TPSA) is 141 Å². The van der Waals surface area contributed by atoms with Gasteiger partial charge in [0.2, 0.25) is 21.8 Å². The van der Waals surface area contributed by atoms with Crippen LogP contribution >= 0.6 is 0 Å². The summed E-state index contributed by atoms with van der Waals surface area (Å²) in [6.07, 6.45) is 1.08. The first-order valence-corrected chi connectivity index (χ1v) is 18.0. The standard InChI is InChI=1S/C39H28F2N4O7S/c1-42-37(46)34-25-18-24(29(45(2)53(4,47)48)19-32(25)50-36(34)20-8-12-23(40)13-9-20)21-11-15-30(49-3)26(16-21)39-43-28-14-10-22(17-33(28)52-39)38-44-35-27(41)6-5-7-31(35)51-38/h5-19H,1-4H3,(H,42,46). The van der Waals surface area contributed by atoms with Crippen molar-refractivity contribution in [1.82, 2.24) is 15.3 Å². The van der Waals surface area contributed by atoms with Gasteiger partial charge >= 0.3 is 0 Å². The lowest BCUT2D eigenvalue weighted by Crippen LogP contribution is -2.25. The second-order valence-corrected chi connectivity index (χ2v) is 14.2. The van der Waals surface area contributed by atoms with Gasteiger partial charge in [0.05, 0.1) is 30.2 Å². The van der Waals surface area contributed by atoms with Crippen molar-refractivity contribution in [3.8, 4) is 51.1 Å². The molecule has 1 amide bonds. The molecule has 0 spiro atoms. The fourth-order valence-corrected chi connectivity index (χ4v) is 6.72. The number of hydrogen-bond donors (Lipinski definition) is 1. The first-order valence-electron chi connectivity index (χ1n) is 16.1. The van der Waals surface area contributed by atoms with E-state index in [1.807, 2.05) is 0 Å². The van der Waals surface area contributed by atoms with Gasteiger partial charge in [0.1, 0.15) is 33.9 Å². The maximum absolute atomic E-state index is 14.3. The Labute approximate surface area is 300 Å². The number of benzene rings is 5. The number of rotatable bonds is 8. The molecular formula is C39H28F2N4O7S. The Bertz CT molecular complexity index is 2860. The second-order valence-electron chi connectivity index (χ2n) is 12.2. The van der Waals surface area contributed by atoms with Gasteiger partial charge in [0.15, 0.2) is 17.0 Å². The van der Waals surface area contributed by atoms with Crippen LogP contribution in [0.5, 0.6) is 5.75 Å². The minimum atomic E-state index is -3.79. The minimum Gasteiger partial charge on any atom is -0.496 e. The minimum absolute atomic E-state index is 0.117. The van der Waals surface area contributed by atoms with E-state index in [1.165, 1.54) is 51.5 Å². The van der Waals surface area contributed by atoms with Crippen LogP contribution in [0.15, 0.2) is 104 Å². The molecule has 8 rings (SSSR count). The molecular weight excluding hydrogens is 707 g/mol. The van der Waals surface area contributed by atoms with Gasteiger partial charge < -0.3 is 23.3 Å². The fraction of sp³-hybridized carbons (Fsp3) is 0.103. The first kappa shape index (κ1) is 33.6. The predicted molar refractivity (Wildman–Crippen MR) is 196 cm³/mol. The van der Waals surface area contributed by atoms with Crippen LogP contribution in [0.2, 0.25) is 0 Å². The Hall–Kier alpha value is -6.54. The largest absolute Gasteiger partial charge is 0.496 e. The van der Waals surface area contributed by atoms with Gasteiger partial charge in [-0.2, -0.15) is 0 Å². The van der Waals surface area contributed by atoms with E-state index in [0.29, 0.717) is 55.6 Å². The predicted octanol–water partition coefficient (Wildman–Crippen LogP) is 8.43. The van der Waals surface area contributed by atoms with E-state index in [1.54, 1.807) is 60.7 Å². The molecule has 0 aliphatic carbocycles. The number of amides is 1. The number of carbonyl (C=O) groups excluding carboxylic acids is 1. The van der Waals surface area contributed by atoms with Crippen LogP contribution in [-0.2, 0) is 10.0 Å². The SMILES string of the molecule is CNC(=O)c1c(-c2ccc(F)cc2)oc2cc(N(C)S(C)(=O)=O)c(-c3ccc(OC)c(-c4nc5ccc(-c6nc7c(F)cccc7o6)cc5o4)c3)cc12. The van der Waals surface area contributed by atoms with Crippen molar-refractivity contribution in [1.29, 1.82) is 0 Å². The zero-order valence-electron chi connectivity index (χ0n) is 28.5. The summed E-state index contributed by atoms with van der Waals surface area (Å²) in [7, 11) is 0.608. The normalized spacial score (nSPS) is 11.8. The molecule has 0 fully saturated rings. The van der Waals surface area contributed by atoms with Crippen molar-refractivity contribution in [2.75, 3.05) is 31.8 Å². The van der Waals surface area contributed by atoms with E-state index in [4.69, 9.17) is 23.0 Å². The Morgan fingerprint density at radius 3 is 2.25 bits per heavy atom. The van der Waals surface area contributed by atoms with Crippen molar-refractivity contribution in [3.05, 3.63) is 108 Å². The van der Waals surface area contributed by atoms with Gasteiger partial charge in [-0.1, -0.05) is 12.1 Å². The molecule has 0 saturated heterocycles. The van der Waals surface area contributed by atoms with Crippen molar-refractivity contribution >= 4 is 54.8 Å². The van der Waals surface area contributed by atoms with Crippen molar-refractivity contribution < 1.29 is 40.0 Å². The number of fused-ring (bicyclic) bond motifs is 3. The second kappa shape index (κ2) is 12.6. The quantitative estimate of drug-likeness (QED) is 0.163. The lowest BCUT2D eigenvalue weighted by Gasteiger charge is -2.21. The summed E-state index contributed by atoms with van der Waals surface area (Å²) in [5, 5.41) is 3.04. The van der Waals surface area contributed by atoms with Gasteiger partial charge in [-0.25, -0.2) is 27.2 Å². The van der Waals surface area contributed by atoms with Crippen molar-refractivity contribution in [3.63, 3.8) is 0 Å². The number of oxazole rings is 2. The van der Waals surface area contributed by atoms with Crippen LogP contribution in [0.3, 0.4) is 0 Å². The molecule has 0 radical (unpaired) electrons. The highest BCUT2D eigenvalue weighted by Crippen LogP contribution is 2.44. The number of furan rings is 1. The van der Waals surface area contributed by atoms with Crippen LogP contribution in [0.1, 0.15) is 10.4 Å². The number of para-hydroxylation sites is 1. The number of sulfonamides is 1. The smallest absolute Gasteiger partial charge is 0.255 e. The number of ether oxygens (including phenoxy) is 1. The number of aromatic nitrogens is 2. The average molecular weight is 735 g/mol. The summed E-state index contributed by atoms with van der Waals surface area (Å²) in [5.41, 5.74) is 4.45. The molecule has 0 saturated carbocycles. The average Bonchev–Trinajstić information content (AvgIpc) is 3.89. The molecule has 3 aromatic heterocycles. The summed E-state index contributed by atoms with van der Waals surface area (Å²) in [6.45, 7) is 0. The van der Waals surface area contributed by atoms with Gasteiger partial charge in [0.25, 0.3) is 5.91 Å². The highest BCUT2D eigenvalue weighted by Gasteiger charge is 2.27. The molecule has 0 aliphatic rings. The molecule has 266 valence electrons. The molecule has 0 unspecified atom stereocenters. The number of nitrogens with zero attached hydrogens (tertiary/aromatic N) is 3. The number of anilines is 1. The molecule has 0 atom stereocenters. The third-order valence-corrected chi connectivity index (χ3v) is 10.1. The molecule has 11 nitrogen and oxygen atoms in total. The Balaban J connectivity index is 1.29. The Morgan fingerprint density at radius 1 is 0.792 bits per heavy atom. The van der Waals surface area contributed by atoms with E-state index in [2.05, 4.69) is 10.3 Å². The number of carbonyl (C=O) groups is 1. The van der Waals surface area contributed by atoms with E-state index in [9.17, 15) is 22.0 Å².